The van der Waals surface area contributed by atoms with E-state index >= 15 is 0 Å². The fourth-order valence-electron chi connectivity index (χ4n) is 16.2. The topological polar surface area (TPSA) is 19.0 Å². The van der Waals surface area contributed by atoms with E-state index in [0.29, 0.717) is 0 Å². The summed E-state index contributed by atoms with van der Waals surface area (Å²) >= 11 is 0. The van der Waals surface area contributed by atoms with Crippen molar-refractivity contribution in [1.29, 1.82) is 0 Å². The summed E-state index contributed by atoms with van der Waals surface area (Å²) in [6.07, 6.45) is 9.81. The molecule has 2 saturated carbocycles. The summed E-state index contributed by atoms with van der Waals surface area (Å²) in [6, 6.07) is 27.6. The van der Waals surface area contributed by atoms with Gasteiger partial charge in [-0.25, -0.2) is 0 Å². The molecule has 0 saturated heterocycles. The number of anilines is 6. The first-order chi connectivity index (χ1) is 32.2. The van der Waals surface area contributed by atoms with Gasteiger partial charge in [0.15, 0.2) is 0 Å². The van der Waals surface area contributed by atoms with Crippen molar-refractivity contribution in [2.45, 2.75) is 219 Å². The van der Waals surface area contributed by atoms with Crippen molar-refractivity contribution in [3.05, 3.63) is 122 Å². The average Bonchev–Trinajstić information content (AvgIpc) is 3.81. The SMILES string of the molecule is Cc1cc(C)c2c3c1B1c4c(cc(N5c6ccc(C(C)(C)C)cc6C6(C)CCCCC56C)cc4N3C3(C)CCCCC23C)N(c2c(C)cc(C(C)(C)C)cc2C)C2c3cc(C(C)(C)C)ccc3OC12. The molecule has 0 bridgehead atoms. The molecule has 12 rings (SSSR count). The molecule has 360 valence electrons. The molecule has 4 nitrogen and oxygen atoms in total. The lowest BCUT2D eigenvalue weighted by atomic mass is 9.32. The van der Waals surface area contributed by atoms with E-state index in [4.69, 9.17) is 4.74 Å². The molecule has 5 aromatic rings. The molecule has 0 amide bonds. The summed E-state index contributed by atoms with van der Waals surface area (Å²) < 4.78 is 7.69. The second-order valence-electron chi connectivity index (χ2n) is 27.4. The van der Waals surface area contributed by atoms with E-state index in [1.165, 1.54) is 141 Å². The Morgan fingerprint density at radius 3 is 1.72 bits per heavy atom. The van der Waals surface area contributed by atoms with E-state index in [1.54, 1.807) is 11.1 Å². The van der Waals surface area contributed by atoms with Gasteiger partial charge in [-0.05, 0) is 169 Å². The van der Waals surface area contributed by atoms with E-state index in [9.17, 15) is 0 Å². The minimum Gasteiger partial charge on any atom is -0.495 e. The summed E-state index contributed by atoms with van der Waals surface area (Å²) in [5.74, 6) is 1.05. The largest absolute Gasteiger partial charge is 0.495 e. The number of aryl methyl sites for hydroxylation is 4. The Kier molecular flexibility index (Phi) is 9.28. The molecule has 6 unspecified atom stereocenters. The van der Waals surface area contributed by atoms with Gasteiger partial charge < -0.3 is 19.4 Å². The van der Waals surface area contributed by atoms with Gasteiger partial charge in [-0.2, -0.15) is 0 Å². The van der Waals surface area contributed by atoms with Crippen molar-refractivity contribution in [2.75, 3.05) is 14.7 Å². The Balaban J connectivity index is 1.23. The molecule has 69 heavy (non-hydrogen) atoms. The first-order valence-electron chi connectivity index (χ1n) is 27.0. The molecule has 0 radical (unpaired) electrons. The molecule has 5 aromatic carbocycles. The van der Waals surface area contributed by atoms with Crippen LogP contribution in [-0.4, -0.2) is 23.8 Å². The normalized spacial score (nSPS) is 28.4. The number of nitrogens with zero attached hydrogens (tertiary/aromatic N) is 3. The monoisotopic (exact) mass is 918 g/mol. The van der Waals surface area contributed by atoms with Crippen molar-refractivity contribution in [2.24, 2.45) is 0 Å². The number of hydrogen-bond donors (Lipinski definition) is 0. The quantitative estimate of drug-likeness (QED) is 0.164. The van der Waals surface area contributed by atoms with Crippen LogP contribution in [0.5, 0.6) is 5.75 Å². The van der Waals surface area contributed by atoms with Crippen LogP contribution in [0.4, 0.5) is 34.1 Å². The van der Waals surface area contributed by atoms with Gasteiger partial charge in [-0.3, -0.25) is 0 Å². The van der Waals surface area contributed by atoms with Gasteiger partial charge in [0.1, 0.15) is 11.8 Å². The molecule has 0 N–H and O–H groups in total. The molecule has 5 heteroatoms. The Morgan fingerprint density at radius 2 is 1.09 bits per heavy atom. The van der Waals surface area contributed by atoms with Gasteiger partial charge >= 0.3 is 0 Å². The van der Waals surface area contributed by atoms with Crippen molar-refractivity contribution < 1.29 is 4.74 Å². The average molecular weight is 918 g/mol. The summed E-state index contributed by atoms with van der Waals surface area (Å²) in [6.45, 7) is 41.6. The number of fused-ring (bicyclic) bond motifs is 12. The zero-order valence-corrected chi connectivity index (χ0v) is 45.5. The fourth-order valence-corrected chi connectivity index (χ4v) is 16.2. The molecule has 2 fully saturated rings. The lowest BCUT2D eigenvalue weighted by Crippen LogP contribution is -2.67. The predicted molar refractivity (Wildman–Crippen MR) is 294 cm³/mol. The number of benzene rings is 5. The molecule has 5 aliphatic heterocycles. The van der Waals surface area contributed by atoms with E-state index in [2.05, 4.69) is 199 Å². The van der Waals surface area contributed by atoms with Crippen LogP contribution in [-0.2, 0) is 27.1 Å². The fraction of sp³-hybridized carbons (Fsp3) is 0.531. The molecule has 0 aromatic heterocycles. The zero-order chi connectivity index (χ0) is 49.1. The van der Waals surface area contributed by atoms with Crippen LogP contribution in [0.3, 0.4) is 0 Å². The van der Waals surface area contributed by atoms with E-state index in [1.807, 2.05) is 0 Å². The number of hydrogen-bond acceptors (Lipinski definition) is 4. The van der Waals surface area contributed by atoms with Gasteiger partial charge in [0.25, 0.3) is 6.71 Å². The van der Waals surface area contributed by atoms with Gasteiger partial charge in [0, 0.05) is 50.5 Å². The van der Waals surface area contributed by atoms with Gasteiger partial charge in [-0.15, -0.1) is 0 Å². The Morgan fingerprint density at radius 1 is 0.522 bits per heavy atom. The maximum atomic E-state index is 7.69. The maximum Gasteiger partial charge on any atom is 0.267 e. The summed E-state index contributed by atoms with van der Waals surface area (Å²) in [7, 11) is 0. The van der Waals surface area contributed by atoms with Crippen molar-refractivity contribution in [3.63, 3.8) is 0 Å². The molecule has 5 heterocycles. The van der Waals surface area contributed by atoms with Crippen LogP contribution in [0.2, 0.25) is 0 Å². The predicted octanol–water partition coefficient (Wildman–Crippen LogP) is 15.4. The second-order valence-corrected chi connectivity index (χ2v) is 27.4. The molecule has 6 atom stereocenters. The number of rotatable bonds is 2. The van der Waals surface area contributed by atoms with Gasteiger partial charge in [0.2, 0.25) is 0 Å². The van der Waals surface area contributed by atoms with E-state index in [-0.39, 0.29) is 56.9 Å². The second kappa shape index (κ2) is 14.1. The summed E-state index contributed by atoms with van der Waals surface area (Å²) in [5.41, 5.74) is 25.5. The highest BCUT2D eigenvalue weighted by Crippen LogP contribution is 2.66. The highest BCUT2D eigenvalue weighted by molar-refractivity contribution is 6.91. The summed E-state index contributed by atoms with van der Waals surface area (Å²) in [4.78, 5) is 8.70. The lowest BCUT2D eigenvalue weighted by molar-refractivity contribution is 0.193. The standard InChI is InChI=1S/C64H80BN3O/c1-37-30-38(2)52-56-51(37)62(15)27-19-21-29-64(62,17)68(56)49-36-44(67-47-24-22-42(59(8,9)10)34-46(47)61(14)26-18-20-28-63(61,67)16)35-48-53(49)65(52)57-55(45-33-41(58(5,6)7)23-25-50(45)69-57)66(48)54-39(3)31-43(32-40(54)4)60(11,12)13/h22-25,30-36,55,57H,18-21,26-29H2,1-17H3. The molecule has 2 aliphatic carbocycles. The smallest absolute Gasteiger partial charge is 0.267 e. The van der Waals surface area contributed by atoms with Crippen molar-refractivity contribution >= 4 is 51.8 Å². The van der Waals surface area contributed by atoms with Gasteiger partial charge in [-0.1, -0.05) is 144 Å². The zero-order valence-electron chi connectivity index (χ0n) is 45.5. The first kappa shape index (κ1) is 45.5. The number of ether oxygens (including phenoxy) is 1. The summed E-state index contributed by atoms with van der Waals surface area (Å²) in [5, 5.41) is 0. The van der Waals surface area contributed by atoms with Gasteiger partial charge in [0.05, 0.1) is 17.1 Å². The molecular formula is C64H80BN3O. The van der Waals surface area contributed by atoms with Crippen LogP contribution in [0, 0.1) is 27.7 Å². The van der Waals surface area contributed by atoms with Crippen LogP contribution < -0.4 is 30.4 Å². The van der Waals surface area contributed by atoms with Crippen LogP contribution in [0.25, 0.3) is 0 Å². The van der Waals surface area contributed by atoms with Crippen LogP contribution in [0.15, 0.2) is 66.7 Å². The van der Waals surface area contributed by atoms with Crippen LogP contribution in [0.1, 0.15) is 203 Å². The highest BCUT2D eigenvalue weighted by Gasteiger charge is 2.65. The molecule has 0 spiro atoms. The third-order valence-corrected chi connectivity index (χ3v) is 20.2. The van der Waals surface area contributed by atoms with E-state index < -0.39 is 0 Å². The van der Waals surface area contributed by atoms with Crippen molar-refractivity contribution in [1.82, 2.24) is 0 Å². The minimum absolute atomic E-state index is 0.00933. The maximum absolute atomic E-state index is 7.69. The minimum atomic E-state index is -0.119. The Hall–Kier alpha value is -4.64. The Labute approximate surface area is 416 Å². The van der Waals surface area contributed by atoms with Crippen molar-refractivity contribution in [3.8, 4) is 5.75 Å². The third-order valence-electron chi connectivity index (χ3n) is 20.2. The lowest BCUT2D eigenvalue weighted by Gasteiger charge is -2.55. The molecular weight excluding hydrogens is 838 g/mol. The third kappa shape index (κ3) is 5.77. The van der Waals surface area contributed by atoms with Crippen LogP contribution >= 0.6 is 0 Å². The Bertz CT molecular complexity index is 3030. The molecule has 7 aliphatic rings. The first-order valence-corrected chi connectivity index (χ1v) is 27.0. The highest BCUT2D eigenvalue weighted by atomic mass is 16.5. The van der Waals surface area contributed by atoms with E-state index in [0.717, 1.165) is 5.75 Å².